The molecule has 1 saturated carbocycles. The first-order chi connectivity index (χ1) is 8.66. The molecule has 4 nitrogen and oxygen atoms in total. The Morgan fingerprint density at radius 3 is 2.22 bits per heavy atom. The minimum absolute atomic E-state index is 0.0847. The van der Waals surface area contributed by atoms with Gasteiger partial charge in [0, 0.05) is 17.2 Å². The number of nitrogens with two attached hydrogens (primary N) is 1. The Kier molecular flexibility index (Phi) is 3.97. The van der Waals surface area contributed by atoms with Gasteiger partial charge in [0.25, 0.3) is 0 Å². The third kappa shape index (κ3) is 3.09. The van der Waals surface area contributed by atoms with E-state index in [0.29, 0.717) is 5.56 Å². The maximum Gasteiger partial charge on any atom is 0.248 e. The predicted octanol–water partition coefficient (Wildman–Crippen LogP) is 2.30. The van der Waals surface area contributed by atoms with Crippen LogP contribution in [0.3, 0.4) is 0 Å². The zero-order valence-electron chi connectivity index (χ0n) is 10.3. The Morgan fingerprint density at radius 1 is 1.06 bits per heavy atom. The predicted molar refractivity (Wildman–Crippen MR) is 70.2 cm³/mol. The van der Waals surface area contributed by atoms with E-state index in [1.807, 2.05) is 0 Å². The molecule has 0 spiro atoms. The van der Waals surface area contributed by atoms with Crippen LogP contribution in [0.25, 0.3) is 0 Å². The van der Waals surface area contributed by atoms with Crippen molar-refractivity contribution in [3.05, 3.63) is 29.8 Å². The van der Waals surface area contributed by atoms with Crippen molar-refractivity contribution in [3.63, 3.8) is 0 Å². The Bertz CT molecular complexity index is 434. The van der Waals surface area contributed by atoms with Gasteiger partial charge in [-0.2, -0.15) is 0 Å². The van der Waals surface area contributed by atoms with Crippen LogP contribution in [0.15, 0.2) is 24.3 Å². The number of rotatable bonds is 3. The molecular formula is C14H18N2O2. The number of benzene rings is 1. The van der Waals surface area contributed by atoms with Gasteiger partial charge in [-0.1, -0.05) is 19.3 Å². The summed E-state index contributed by atoms with van der Waals surface area (Å²) in [6, 6.07) is 6.67. The monoisotopic (exact) mass is 246 g/mol. The van der Waals surface area contributed by atoms with Crippen LogP contribution in [0.1, 0.15) is 42.5 Å². The number of amides is 2. The Morgan fingerprint density at radius 2 is 1.67 bits per heavy atom. The second-order valence-electron chi connectivity index (χ2n) is 4.77. The average Bonchev–Trinajstić information content (AvgIpc) is 2.40. The fraction of sp³-hybridized carbons (Fsp3) is 0.429. The molecule has 0 atom stereocenters. The first-order valence-corrected chi connectivity index (χ1v) is 6.37. The highest BCUT2D eigenvalue weighted by Crippen LogP contribution is 2.24. The summed E-state index contributed by atoms with van der Waals surface area (Å²) in [6.45, 7) is 0. The smallest absolute Gasteiger partial charge is 0.248 e. The van der Waals surface area contributed by atoms with E-state index in [4.69, 9.17) is 5.73 Å². The van der Waals surface area contributed by atoms with E-state index in [9.17, 15) is 9.59 Å². The van der Waals surface area contributed by atoms with Crippen molar-refractivity contribution in [3.8, 4) is 0 Å². The molecule has 4 heteroatoms. The third-order valence-corrected chi connectivity index (χ3v) is 3.41. The van der Waals surface area contributed by atoms with E-state index >= 15 is 0 Å². The van der Waals surface area contributed by atoms with Gasteiger partial charge in [0.2, 0.25) is 11.8 Å². The summed E-state index contributed by atoms with van der Waals surface area (Å²) < 4.78 is 0. The molecule has 1 aromatic rings. The molecule has 2 amide bonds. The van der Waals surface area contributed by atoms with Crippen molar-refractivity contribution in [1.29, 1.82) is 0 Å². The molecule has 1 aliphatic rings. The fourth-order valence-electron chi connectivity index (χ4n) is 2.33. The van der Waals surface area contributed by atoms with Crippen molar-refractivity contribution in [1.82, 2.24) is 0 Å². The van der Waals surface area contributed by atoms with Gasteiger partial charge in [0.15, 0.2) is 0 Å². The third-order valence-electron chi connectivity index (χ3n) is 3.41. The molecular weight excluding hydrogens is 228 g/mol. The number of carbonyl (C=O) groups excluding carboxylic acids is 2. The van der Waals surface area contributed by atoms with Crippen LogP contribution in [0.5, 0.6) is 0 Å². The minimum Gasteiger partial charge on any atom is -0.366 e. The van der Waals surface area contributed by atoms with Gasteiger partial charge < -0.3 is 11.1 Å². The van der Waals surface area contributed by atoms with E-state index in [2.05, 4.69) is 5.32 Å². The number of nitrogens with one attached hydrogen (secondary N) is 1. The highest BCUT2D eigenvalue weighted by atomic mass is 16.2. The largest absolute Gasteiger partial charge is 0.366 e. The zero-order chi connectivity index (χ0) is 13.0. The van der Waals surface area contributed by atoms with Crippen LogP contribution in [0, 0.1) is 5.92 Å². The highest BCUT2D eigenvalue weighted by molar-refractivity contribution is 5.95. The molecule has 1 fully saturated rings. The van der Waals surface area contributed by atoms with Gasteiger partial charge in [-0.3, -0.25) is 9.59 Å². The Hall–Kier alpha value is -1.84. The molecule has 0 saturated heterocycles. The summed E-state index contributed by atoms with van der Waals surface area (Å²) in [7, 11) is 0. The maximum atomic E-state index is 12.0. The summed E-state index contributed by atoms with van der Waals surface area (Å²) in [5, 5.41) is 2.89. The SMILES string of the molecule is NC(=O)c1ccc(NC(=O)C2CCCCC2)cc1. The molecule has 2 rings (SSSR count). The highest BCUT2D eigenvalue weighted by Gasteiger charge is 2.20. The Balaban J connectivity index is 1.96. The van der Waals surface area contributed by atoms with Crippen LogP contribution in [0.4, 0.5) is 5.69 Å². The summed E-state index contributed by atoms with van der Waals surface area (Å²) in [6.07, 6.45) is 5.46. The van der Waals surface area contributed by atoms with E-state index in [-0.39, 0.29) is 11.8 Å². The summed E-state index contributed by atoms with van der Waals surface area (Å²) in [5.41, 5.74) is 6.32. The van der Waals surface area contributed by atoms with Crippen molar-refractivity contribution in [2.45, 2.75) is 32.1 Å². The van der Waals surface area contributed by atoms with Crippen LogP contribution in [0.2, 0.25) is 0 Å². The van der Waals surface area contributed by atoms with Gasteiger partial charge in [0.05, 0.1) is 0 Å². The van der Waals surface area contributed by atoms with Crippen molar-refractivity contribution in [2.24, 2.45) is 11.7 Å². The van der Waals surface area contributed by atoms with Crippen molar-refractivity contribution in [2.75, 3.05) is 5.32 Å². The number of hydrogen-bond acceptors (Lipinski definition) is 2. The normalized spacial score (nSPS) is 16.2. The van der Waals surface area contributed by atoms with Gasteiger partial charge in [-0.05, 0) is 37.1 Å². The molecule has 0 heterocycles. The van der Waals surface area contributed by atoms with Gasteiger partial charge in [-0.15, -0.1) is 0 Å². The molecule has 0 aromatic heterocycles. The number of anilines is 1. The van der Waals surface area contributed by atoms with Crippen molar-refractivity contribution >= 4 is 17.5 Å². The van der Waals surface area contributed by atoms with E-state index in [1.165, 1.54) is 6.42 Å². The van der Waals surface area contributed by atoms with Crippen molar-refractivity contribution < 1.29 is 9.59 Å². The second kappa shape index (κ2) is 5.67. The molecule has 1 aliphatic carbocycles. The number of carbonyl (C=O) groups is 2. The molecule has 0 unspecified atom stereocenters. The molecule has 0 bridgehead atoms. The maximum absolute atomic E-state index is 12.0. The molecule has 18 heavy (non-hydrogen) atoms. The molecule has 0 aliphatic heterocycles. The van der Waals surface area contributed by atoms with E-state index in [1.54, 1.807) is 24.3 Å². The van der Waals surface area contributed by atoms with Gasteiger partial charge in [-0.25, -0.2) is 0 Å². The van der Waals surface area contributed by atoms with Crippen LogP contribution < -0.4 is 11.1 Å². The minimum atomic E-state index is -0.458. The number of hydrogen-bond donors (Lipinski definition) is 2. The lowest BCUT2D eigenvalue weighted by atomic mass is 9.88. The van der Waals surface area contributed by atoms with Crippen LogP contribution in [-0.4, -0.2) is 11.8 Å². The summed E-state index contributed by atoms with van der Waals surface area (Å²) in [4.78, 5) is 22.9. The molecule has 3 N–H and O–H groups in total. The Labute approximate surface area is 107 Å². The van der Waals surface area contributed by atoms with Crippen LogP contribution in [-0.2, 0) is 4.79 Å². The topological polar surface area (TPSA) is 72.2 Å². The molecule has 96 valence electrons. The summed E-state index contributed by atoms with van der Waals surface area (Å²) >= 11 is 0. The van der Waals surface area contributed by atoms with Gasteiger partial charge >= 0.3 is 0 Å². The second-order valence-corrected chi connectivity index (χ2v) is 4.77. The number of primary amides is 1. The zero-order valence-corrected chi connectivity index (χ0v) is 10.3. The van der Waals surface area contributed by atoms with E-state index in [0.717, 1.165) is 31.4 Å². The van der Waals surface area contributed by atoms with E-state index < -0.39 is 5.91 Å². The molecule has 1 aromatic carbocycles. The standard InChI is InChI=1S/C14H18N2O2/c15-13(17)10-6-8-12(9-7-10)16-14(18)11-4-2-1-3-5-11/h6-9,11H,1-5H2,(H2,15,17)(H,16,18). The fourth-order valence-corrected chi connectivity index (χ4v) is 2.33. The average molecular weight is 246 g/mol. The first kappa shape index (κ1) is 12.6. The van der Waals surface area contributed by atoms with Gasteiger partial charge in [0.1, 0.15) is 0 Å². The first-order valence-electron chi connectivity index (χ1n) is 6.37. The lowest BCUT2D eigenvalue weighted by Crippen LogP contribution is -2.24. The van der Waals surface area contributed by atoms with Crippen LogP contribution >= 0.6 is 0 Å². The summed E-state index contributed by atoms with van der Waals surface area (Å²) in [5.74, 6) is -0.240. The lowest BCUT2D eigenvalue weighted by Gasteiger charge is -2.20. The lowest BCUT2D eigenvalue weighted by molar-refractivity contribution is -0.120. The quantitative estimate of drug-likeness (QED) is 0.859. The molecule has 0 radical (unpaired) electrons.